The molecule has 1 rings (SSSR count). The molecule has 0 aliphatic rings. The molecule has 0 aliphatic heterocycles. The standard InChI is InChI=1S/C12H15NO2/c1-4-5-9(2)11-8-10(6-7-13-11)12(14)15-3/h5-8H,4H2,1-3H3/b9-5-. The smallest absolute Gasteiger partial charge is 0.337 e. The van der Waals surface area contributed by atoms with E-state index in [9.17, 15) is 4.79 Å². The third kappa shape index (κ3) is 2.91. The van der Waals surface area contributed by atoms with E-state index in [1.54, 1.807) is 18.3 Å². The highest BCUT2D eigenvalue weighted by molar-refractivity contribution is 5.90. The van der Waals surface area contributed by atoms with Crippen molar-refractivity contribution in [3.8, 4) is 0 Å². The van der Waals surface area contributed by atoms with Crippen molar-refractivity contribution in [1.29, 1.82) is 0 Å². The van der Waals surface area contributed by atoms with Gasteiger partial charge in [-0.3, -0.25) is 4.98 Å². The minimum absolute atomic E-state index is 0.331. The van der Waals surface area contributed by atoms with E-state index in [0.717, 1.165) is 17.7 Å². The molecule has 3 nitrogen and oxygen atoms in total. The molecule has 0 saturated heterocycles. The summed E-state index contributed by atoms with van der Waals surface area (Å²) in [5.41, 5.74) is 2.43. The number of aromatic nitrogens is 1. The number of carbonyl (C=O) groups excluding carboxylic acids is 1. The first-order valence-electron chi connectivity index (χ1n) is 4.90. The molecule has 80 valence electrons. The number of hydrogen-bond donors (Lipinski definition) is 0. The fourth-order valence-electron chi connectivity index (χ4n) is 1.30. The monoisotopic (exact) mass is 205 g/mol. The maximum atomic E-state index is 11.3. The van der Waals surface area contributed by atoms with Gasteiger partial charge in [0.15, 0.2) is 0 Å². The lowest BCUT2D eigenvalue weighted by atomic mass is 10.1. The Bertz CT molecular complexity index is 383. The van der Waals surface area contributed by atoms with Gasteiger partial charge in [0.25, 0.3) is 0 Å². The first-order chi connectivity index (χ1) is 7.19. The highest BCUT2D eigenvalue weighted by Gasteiger charge is 2.06. The second kappa shape index (κ2) is 5.29. The van der Waals surface area contributed by atoms with Gasteiger partial charge in [-0.1, -0.05) is 13.0 Å². The van der Waals surface area contributed by atoms with Crippen LogP contribution in [-0.2, 0) is 4.74 Å². The zero-order chi connectivity index (χ0) is 11.3. The first-order valence-corrected chi connectivity index (χ1v) is 4.90. The van der Waals surface area contributed by atoms with E-state index in [2.05, 4.69) is 22.7 Å². The Morgan fingerprint density at radius 1 is 1.60 bits per heavy atom. The van der Waals surface area contributed by atoms with Crippen LogP contribution in [-0.4, -0.2) is 18.1 Å². The van der Waals surface area contributed by atoms with Crippen molar-refractivity contribution in [3.05, 3.63) is 35.7 Å². The number of hydrogen-bond acceptors (Lipinski definition) is 3. The molecule has 0 atom stereocenters. The second-order valence-electron chi connectivity index (χ2n) is 3.22. The average molecular weight is 205 g/mol. The van der Waals surface area contributed by atoms with Crippen molar-refractivity contribution in [2.45, 2.75) is 20.3 Å². The zero-order valence-electron chi connectivity index (χ0n) is 9.28. The van der Waals surface area contributed by atoms with Crippen molar-refractivity contribution in [3.63, 3.8) is 0 Å². The summed E-state index contributed by atoms with van der Waals surface area (Å²) in [4.78, 5) is 15.5. The molecule has 0 saturated carbocycles. The lowest BCUT2D eigenvalue weighted by Crippen LogP contribution is -2.02. The molecule has 0 amide bonds. The molecule has 0 unspecified atom stereocenters. The molecule has 1 heterocycles. The van der Waals surface area contributed by atoms with Crippen molar-refractivity contribution in [2.24, 2.45) is 0 Å². The van der Waals surface area contributed by atoms with Gasteiger partial charge >= 0.3 is 5.97 Å². The molecule has 0 aromatic carbocycles. The summed E-state index contributed by atoms with van der Waals surface area (Å²) in [7, 11) is 1.37. The van der Waals surface area contributed by atoms with Crippen LogP contribution in [0.15, 0.2) is 24.4 Å². The van der Waals surface area contributed by atoms with Gasteiger partial charge in [-0.15, -0.1) is 0 Å². The fraction of sp³-hybridized carbons (Fsp3) is 0.333. The van der Waals surface area contributed by atoms with Gasteiger partial charge < -0.3 is 4.74 Å². The fourth-order valence-corrected chi connectivity index (χ4v) is 1.30. The Kier molecular flexibility index (Phi) is 4.03. The van der Waals surface area contributed by atoms with Gasteiger partial charge in [0, 0.05) is 6.20 Å². The number of methoxy groups -OCH3 is 1. The van der Waals surface area contributed by atoms with Crippen LogP contribution < -0.4 is 0 Å². The molecule has 3 heteroatoms. The Balaban J connectivity index is 3.02. The van der Waals surface area contributed by atoms with Crippen molar-refractivity contribution < 1.29 is 9.53 Å². The minimum atomic E-state index is -0.331. The van der Waals surface area contributed by atoms with E-state index >= 15 is 0 Å². The van der Waals surface area contributed by atoms with E-state index < -0.39 is 0 Å². The number of esters is 1. The van der Waals surface area contributed by atoms with E-state index in [-0.39, 0.29) is 5.97 Å². The van der Waals surface area contributed by atoms with Crippen molar-refractivity contribution >= 4 is 11.5 Å². The van der Waals surface area contributed by atoms with Gasteiger partial charge in [0.1, 0.15) is 0 Å². The highest BCUT2D eigenvalue weighted by Crippen LogP contribution is 2.13. The van der Waals surface area contributed by atoms with Crippen LogP contribution in [0.25, 0.3) is 5.57 Å². The van der Waals surface area contributed by atoms with Crippen molar-refractivity contribution in [1.82, 2.24) is 4.98 Å². The third-order valence-electron chi connectivity index (χ3n) is 2.10. The van der Waals surface area contributed by atoms with Crippen LogP contribution in [0.4, 0.5) is 0 Å². The predicted molar refractivity (Wildman–Crippen MR) is 59.5 cm³/mol. The predicted octanol–water partition coefficient (Wildman–Crippen LogP) is 2.68. The normalized spacial score (nSPS) is 11.3. The summed E-state index contributed by atoms with van der Waals surface area (Å²) >= 11 is 0. The van der Waals surface area contributed by atoms with E-state index in [1.807, 2.05) is 6.92 Å². The van der Waals surface area contributed by atoms with Crippen LogP contribution in [0.3, 0.4) is 0 Å². The maximum Gasteiger partial charge on any atom is 0.337 e. The minimum Gasteiger partial charge on any atom is -0.465 e. The first kappa shape index (κ1) is 11.4. The maximum absolute atomic E-state index is 11.3. The second-order valence-corrected chi connectivity index (χ2v) is 3.22. The zero-order valence-corrected chi connectivity index (χ0v) is 9.28. The number of nitrogens with zero attached hydrogens (tertiary/aromatic N) is 1. The molecule has 0 radical (unpaired) electrons. The molecule has 0 spiro atoms. The largest absolute Gasteiger partial charge is 0.465 e. The van der Waals surface area contributed by atoms with Crippen LogP contribution in [0, 0.1) is 0 Å². The number of rotatable bonds is 3. The topological polar surface area (TPSA) is 39.2 Å². The molecule has 0 N–H and O–H groups in total. The van der Waals surface area contributed by atoms with E-state index in [4.69, 9.17) is 0 Å². The Labute approximate surface area is 89.8 Å². The molecule has 0 aliphatic carbocycles. The Morgan fingerprint density at radius 3 is 2.93 bits per heavy atom. The summed E-state index contributed by atoms with van der Waals surface area (Å²) in [6.45, 7) is 4.04. The summed E-state index contributed by atoms with van der Waals surface area (Å²) in [5, 5.41) is 0. The van der Waals surface area contributed by atoms with Gasteiger partial charge in [-0.05, 0) is 31.1 Å². The van der Waals surface area contributed by atoms with Crippen LogP contribution in [0.2, 0.25) is 0 Å². The van der Waals surface area contributed by atoms with Crippen LogP contribution >= 0.6 is 0 Å². The summed E-state index contributed by atoms with van der Waals surface area (Å²) in [6, 6.07) is 3.39. The molecular weight excluding hydrogens is 190 g/mol. The van der Waals surface area contributed by atoms with Gasteiger partial charge in [-0.25, -0.2) is 4.79 Å². The SMILES string of the molecule is CC/C=C(/C)c1cc(C(=O)OC)ccn1. The van der Waals surface area contributed by atoms with Crippen LogP contribution in [0.5, 0.6) is 0 Å². The van der Waals surface area contributed by atoms with Gasteiger partial charge in [0.2, 0.25) is 0 Å². The van der Waals surface area contributed by atoms with Gasteiger partial charge in [-0.2, -0.15) is 0 Å². The summed E-state index contributed by atoms with van der Waals surface area (Å²) in [6.07, 6.45) is 4.65. The summed E-state index contributed by atoms with van der Waals surface area (Å²) < 4.78 is 4.64. The number of pyridine rings is 1. The van der Waals surface area contributed by atoms with Crippen LogP contribution in [0.1, 0.15) is 36.3 Å². The molecule has 15 heavy (non-hydrogen) atoms. The lowest BCUT2D eigenvalue weighted by molar-refractivity contribution is 0.0600. The van der Waals surface area contributed by atoms with E-state index in [1.165, 1.54) is 7.11 Å². The Morgan fingerprint density at radius 2 is 2.33 bits per heavy atom. The molecule has 1 aromatic heterocycles. The molecular formula is C12H15NO2. The average Bonchev–Trinajstić information content (AvgIpc) is 2.28. The third-order valence-corrected chi connectivity index (χ3v) is 2.10. The van der Waals surface area contributed by atoms with Gasteiger partial charge in [0.05, 0.1) is 18.4 Å². The molecule has 0 fully saturated rings. The Hall–Kier alpha value is -1.64. The number of carbonyl (C=O) groups is 1. The summed E-state index contributed by atoms with van der Waals surface area (Å²) in [5.74, 6) is -0.331. The molecule has 0 bridgehead atoms. The van der Waals surface area contributed by atoms with E-state index in [0.29, 0.717) is 5.56 Å². The molecule has 1 aromatic rings. The quantitative estimate of drug-likeness (QED) is 0.712. The highest BCUT2D eigenvalue weighted by atomic mass is 16.5. The number of ether oxygens (including phenoxy) is 1. The lowest BCUT2D eigenvalue weighted by Gasteiger charge is -2.03. The number of allylic oxidation sites excluding steroid dienone is 2. The van der Waals surface area contributed by atoms with Crippen molar-refractivity contribution in [2.75, 3.05) is 7.11 Å².